The first-order valence-electron chi connectivity index (χ1n) is 11.5. The highest BCUT2D eigenvalue weighted by molar-refractivity contribution is 5.98. The van der Waals surface area contributed by atoms with Crippen LogP contribution in [0.3, 0.4) is 0 Å². The molecule has 1 N–H and O–H groups in total. The Labute approximate surface area is 190 Å². The summed E-state index contributed by atoms with van der Waals surface area (Å²) >= 11 is 0. The smallest absolute Gasteiger partial charge is 0.123 e. The maximum absolute atomic E-state index is 13.4. The molecule has 1 aromatic heterocycles. The van der Waals surface area contributed by atoms with Crippen molar-refractivity contribution >= 4 is 16.6 Å². The van der Waals surface area contributed by atoms with Gasteiger partial charge >= 0.3 is 0 Å². The van der Waals surface area contributed by atoms with E-state index in [0.29, 0.717) is 0 Å². The first kappa shape index (κ1) is 22.0. The molecule has 0 spiro atoms. The zero-order chi connectivity index (χ0) is 22.5. The van der Waals surface area contributed by atoms with Crippen molar-refractivity contribution in [2.24, 2.45) is 4.99 Å². The van der Waals surface area contributed by atoms with Crippen molar-refractivity contribution in [3.05, 3.63) is 106 Å². The van der Waals surface area contributed by atoms with Crippen LogP contribution in [-0.4, -0.2) is 17.2 Å². The van der Waals surface area contributed by atoms with Crippen molar-refractivity contribution in [3.63, 3.8) is 0 Å². The van der Waals surface area contributed by atoms with E-state index >= 15 is 0 Å². The molecule has 32 heavy (non-hydrogen) atoms. The molecule has 0 fully saturated rings. The number of aliphatic imine (C=N–C) groups is 1. The number of hydrogen-bond donors (Lipinski definition) is 1. The normalized spacial score (nSPS) is 11.9. The van der Waals surface area contributed by atoms with Crippen molar-refractivity contribution in [3.8, 4) is 0 Å². The first-order valence-corrected chi connectivity index (χ1v) is 11.5. The van der Waals surface area contributed by atoms with Gasteiger partial charge in [-0.25, -0.2) is 4.39 Å². The van der Waals surface area contributed by atoms with E-state index < -0.39 is 0 Å². The van der Waals surface area contributed by atoms with Crippen LogP contribution < -0.4 is 0 Å². The molecule has 3 heteroatoms. The number of nitrogens with one attached hydrogen (secondary N) is 1. The molecule has 0 aliphatic carbocycles. The summed E-state index contributed by atoms with van der Waals surface area (Å²) in [5, 5.41) is 1.33. The molecular weight excluding hydrogens is 395 g/mol. The van der Waals surface area contributed by atoms with Crippen LogP contribution >= 0.6 is 0 Å². The van der Waals surface area contributed by atoms with Gasteiger partial charge in [0.2, 0.25) is 0 Å². The Hall–Kier alpha value is -3.20. The molecule has 0 aliphatic rings. The van der Waals surface area contributed by atoms with Crippen molar-refractivity contribution in [2.75, 3.05) is 6.54 Å². The Morgan fingerprint density at radius 3 is 2.34 bits per heavy atom. The van der Waals surface area contributed by atoms with Crippen molar-refractivity contribution in [1.82, 2.24) is 4.98 Å². The average molecular weight is 427 g/mol. The highest BCUT2D eigenvalue weighted by atomic mass is 19.1. The molecule has 0 atom stereocenters. The third kappa shape index (κ3) is 4.99. The SMILES string of the molecule is CCc1cc2[nH]cc(CCN=C(C)c3ccc(Cc4cccc(F)c4)cc3)c2cc1CC. The molecule has 1 heterocycles. The molecule has 0 amide bonds. The van der Waals surface area contributed by atoms with E-state index in [-0.39, 0.29) is 5.82 Å². The summed E-state index contributed by atoms with van der Waals surface area (Å²) in [7, 11) is 0. The molecule has 0 saturated heterocycles. The summed E-state index contributed by atoms with van der Waals surface area (Å²) in [5.74, 6) is -0.186. The lowest BCUT2D eigenvalue weighted by atomic mass is 9.99. The third-order valence-electron chi connectivity index (χ3n) is 6.25. The number of rotatable bonds is 8. The van der Waals surface area contributed by atoms with E-state index in [4.69, 9.17) is 4.99 Å². The Kier molecular flexibility index (Phi) is 6.84. The molecular formula is C29H31FN2. The average Bonchev–Trinajstić information content (AvgIpc) is 3.20. The quantitative estimate of drug-likeness (QED) is 0.292. The second kappa shape index (κ2) is 9.95. The van der Waals surface area contributed by atoms with Gasteiger partial charge in [-0.15, -0.1) is 0 Å². The van der Waals surface area contributed by atoms with Crippen molar-refractivity contribution in [1.29, 1.82) is 0 Å². The minimum Gasteiger partial charge on any atom is -0.361 e. The molecule has 4 aromatic rings. The lowest BCUT2D eigenvalue weighted by molar-refractivity contribution is 0.626. The van der Waals surface area contributed by atoms with Gasteiger partial charge in [0.05, 0.1) is 0 Å². The summed E-state index contributed by atoms with van der Waals surface area (Å²) < 4.78 is 13.4. The number of halogens is 1. The zero-order valence-electron chi connectivity index (χ0n) is 19.2. The summed E-state index contributed by atoms with van der Waals surface area (Å²) in [4.78, 5) is 8.27. The maximum atomic E-state index is 13.4. The van der Waals surface area contributed by atoms with E-state index in [1.165, 1.54) is 39.2 Å². The Balaban J connectivity index is 1.41. The van der Waals surface area contributed by atoms with E-state index in [9.17, 15) is 4.39 Å². The molecule has 0 saturated carbocycles. The predicted molar refractivity (Wildman–Crippen MR) is 133 cm³/mol. The van der Waals surface area contributed by atoms with Gasteiger partial charge in [0.25, 0.3) is 0 Å². The van der Waals surface area contributed by atoms with Crippen molar-refractivity contribution in [2.45, 2.75) is 46.5 Å². The molecule has 0 aliphatic heterocycles. The molecule has 4 rings (SSSR count). The van der Waals surface area contributed by atoms with E-state index in [2.05, 4.69) is 68.4 Å². The van der Waals surface area contributed by atoms with Gasteiger partial charge in [-0.2, -0.15) is 0 Å². The number of aromatic nitrogens is 1. The van der Waals surface area contributed by atoms with Crippen LogP contribution in [0.25, 0.3) is 10.9 Å². The monoisotopic (exact) mass is 426 g/mol. The van der Waals surface area contributed by atoms with E-state index in [1.807, 2.05) is 6.07 Å². The minimum absolute atomic E-state index is 0.186. The van der Waals surface area contributed by atoms with Gasteiger partial charge < -0.3 is 4.98 Å². The van der Waals surface area contributed by atoms with Gasteiger partial charge in [0.15, 0.2) is 0 Å². The molecule has 164 valence electrons. The number of aryl methyl sites for hydroxylation is 2. The van der Waals surface area contributed by atoms with Crippen LogP contribution in [-0.2, 0) is 25.7 Å². The van der Waals surface area contributed by atoms with E-state index in [0.717, 1.165) is 49.1 Å². The molecule has 0 bridgehead atoms. The van der Waals surface area contributed by atoms with Gasteiger partial charge in [0.1, 0.15) is 5.82 Å². The molecule has 0 radical (unpaired) electrons. The molecule has 3 aromatic carbocycles. The third-order valence-corrected chi connectivity index (χ3v) is 6.25. The summed E-state index contributed by atoms with van der Waals surface area (Å²) in [6.45, 7) is 7.28. The van der Waals surface area contributed by atoms with Gasteiger partial charge in [-0.1, -0.05) is 50.2 Å². The van der Waals surface area contributed by atoms with Gasteiger partial charge in [-0.05, 0) is 90.3 Å². The van der Waals surface area contributed by atoms with Crippen LogP contribution in [0.2, 0.25) is 0 Å². The fourth-order valence-electron chi connectivity index (χ4n) is 4.36. The number of aromatic amines is 1. The van der Waals surface area contributed by atoms with Crippen molar-refractivity contribution < 1.29 is 4.39 Å². The van der Waals surface area contributed by atoms with E-state index in [1.54, 1.807) is 12.1 Å². The second-order valence-corrected chi connectivity index (χ2v) is 8.41. The van der Waals surface area contributed by atoms with Crippen LogP contribution in [0.15, 0.2) is 71.9 Å². The number of nitrogens with zero attached hydrogens (tertiary/aromatic N) is 1. The minimum atomic E-state index is -0.186. The Morgan fingerprint density at radius 1 is 0.875 bits per heavy atom. The highest BCUT2D eigenvalue weighted by Gasteiger charge is 2.08. The first-order chi connectivity index (χ1) is 15.6. The summed E-state index contributed by atoms with van der Waals surface area (Å²) in [5.41, 5.74) is 9.77. The van der Waals surface area contributed by atoms with Crippen LogP contribution in [0, 0.1) is 5.82 Å². The number of H-pyrrole nitrogens is 1. The second-order valence-electron chi connectivity index (χ2n) is 8.41. The largest absolute Gasteiger partial charge is 0.361 e. The highest BCUT2D eigenvalue weighted by Crippen LogP contribution is 2.24. The van der Waals surface area contributed by atoms with Crippen LogP contribution in [0.1, 0.15) is 54.2 Å². The van der Waals surface area contributed by atoms with Crippen LogP contribution in [0.5, 0.6) is 0 Å². The maximum Gasteiger partial charge on any atom is 0.123 e. The Morgan fingerprint density at radius 2 is 1.62 bits per heavy atom. The fraction of sp³-hybridized carbons (Fsp3) is 0.276. The van der Waals surface area contributed by atoms with Gasteiger partial charge in [-0.3, -0.25) is 4.99 Å². The lowest BCUT2D eigenvalue weighted by Gasteiger charge is -2.07. The Bertz CT molecular complexity index is 1230. The number of hydrogen-bond acceptors (Lipinski definition) is 1. The number of benzene rings is 3. The van der Waals surface area contributed by atoms with Gasteiger partial charge in [0, 0.05) is 29.4 Å². The lowest BCUT2D eigenvalue weighted by Crippen LogP contribution is -1.99. The summed E-state index contributed by atoms with van der Waals surface area (Å²) in [6, 6.07) is 19.9. The fourth-order valence-corrected chi connectivity index (χ4v) is 4.36. The van der Waals surface area contributed by atoms with Crippen LogP contribution in [0.4, 0.5) is 4.39 Å². The number of fused-ring (bicyclic) bond motifs is 1. The zero-order valence-corrected chi connectivity index (χ0v) is 19.2. The molecule has 2 nitrogen and oxygen atoms in total. The standard InChI is InChI=1S/C29H31FN2/c1-4-23-17-28-26(19-32-29(28)18-24(23)5-2)13-14-31-20(3)25-11-9-21(10-12-25)15-22-7-6-8-27(30)16-22/h6-12,16-19,32H,4-5,13-15H2,1-3H3. The topological polar surface area (TPSA) is 28.1 Å². The summed E-state index contributed by atoms with van der Waals surface area (Å²) in [6.07, 6.45) is 5.92. The predicted octanol–water partition coefficient (Wildman–Crippen LogP) is 7.07. The molecule has 0 unspecified atom stereocenters.